The standard InChI is InChI=1S/C12H15F3O2S/c1-3-9(2)10-4-6-11(7-5-10)18(16,17)8-12(13,14)15/h4-7,9H,3,8H2,1-2H3. The minimum atomic E-state index is -4.71. The predicted octanol–water partition coefficient (Wildman–Crippen LogP) is 3.54. The highest BCUT2D eigenvalue weighted by atomic mass is 32.2. The third-order valence-electron chi connectivity index (χ3n) is 2.77. The Labute approximate surface area is 105 Å². The second-order valence-electron chi connectivity index (χ2n) is 4.25. The lowest BCUT2D eigenvalue weighted by molar-refractivity contribution is -0.106. The fourth-order valence-electron chi connectivity index (χ4n) is 1.54. The van der Waals surface area contributed by atoms with Gasteiger partial charge in [0.25, 0.3) is 0 Å². The normalized spacial score (nSPS) is 14.5. The molecule has 102 valence electrons. The molecule has 0 aromatic heterocycles. The first kappa shape index (κ1) is 15.0. The Balaban J connectivity index is 2.98. The Morgan fingerprint density at radius 2 is 1.67 bits per heavy atom. The molecule has 0 heterocycles. The first-order valence-corrected chi connectivity index (χ1v) is 7.20. The van der Waals surface area contributed by atoms with Gasteiger partial charge in [-0.15, -0.1) is 0 Å². The number of rotatable bonds is 4. The fraction of sp³-hybridized carbons (Fsp3) is 0.500. The first-order chi connectivity index (χ1) is 8.15. The van der Waals surface area contributed by atoms with E-state index in [-0.39, 0.29) is 10.8 Å². The minimum absolute atomic E-state index is 0.254. The number of hydrogen-bond donors (Lipinski definition) is 0. The maximum atomic E-state index is 12.1. The minimum Gasteiger partial charge on any atom is -0.223 e. The summed E-state index contributed by atoms with van der Waals surface area (Å²) in [5.41, 5.74) is 0.920. The highest BCUT2D eigenvalue weighted by Gasteiger charge is 2.35. The number of alkyl halides is 3. The van der Waals surface area contributed by atoms with Crippen molar-refractivity contribution in [3.05, 3.63) is 29.8 Å². The molecule has 0 saturated carbocycles. The van der Waals surface area contributed by atoms with Crippen LogP contribution in [0.25, 0.3) is 0 Å². The smallest absolute Gasteiger partial charge is 0.223 e. The Hall–Kier alpha value is -1.04. The molecule has 0 aliphatic heterocycles. The average Bonchev–Trinajstić information content (AvgIpc) is 2.25. The van der Waals surface area contributed by atoms with Gasteiger partial charge in [0.1, 0.15) is 0 Å². The zero-order chi connectivity index (χ0) is 14.0. The molecule has 0 aliphatic carbocycles. The molecule has 1 rings (SSSR count). The maximum Gasteiger partial charge on any atom is 0.403 e. The molecule has 1 atom stereocenters. The average molecular weight is 280 g/mol. The van der Waals surface area contributed by atoms with Gasteiger partial charge < -0.3 is 0 Å². The highest BCUT2D eigenvalue weighted by molar-refractivity contribution is 7.91. The summed E-state index contributed by atoms with van der Waals surface area (Å²) in [4.78, 5) is -0.285. The molecule has 0 spiro atoms. The summed E-state index contributed by atoms with van der Waals surface area (Å²) < 4.78 is 59.3. The fourth-order valence-corrected chi connectivity index (χ4v) is 2.69. The van der Waals surface area contributed by atoms with Gasteiger partial charge in [-0.1, -0.05) is 26.0 Å². The number of sulfone groups is 1. The molecule has 0 bridgehead atoms. The zero-order valence-corrected chi connectivity index (χ0v) is 11.0. The maximum absolute atomic E-state index is 12.1. The molecule has 0 radical (unpaired) electrons. The van der Waals surface area contributed by atoms with Crippen LogP contribution >= 0.6 is 0 Å². The van der Waals surface area contributed by atoms with E-state index in [2.05, 4.69) is 0 Å². The number of halogens is 3. The first-order valence-electron chi connectivity index (χ1n) is 5.55. The molecular formula is C12H15F3O2S. The Morgan fingerprint density at radius 1 is 1.17 bits per heavy atom. The zero-order valence-electron chi connectivity index (χ0n) is 10.2. The van der Waals surface area contributed by atoms with Crippen molar-refractivity contribution < 1.29 is 21.6 Å². The molecular weight excluding hydrogens is 265 g/mol. The highest BCUT2D eigenvalue weighted by Crippen LogP contribution is 2.24. The monoisotopic (exact) mass is 280 g/mol. The molecule has 0 amide bonds. The summed E-state index contributed by atoms with van der Waals surface area (Å²) in [5.74, 6) is -1.56. The molecule has 1 aromatic carbocycles. The molecule has 0 aliphatic rings. The van der Waals surface area contributed by atoms with E-state index in [1.165, 1.54) is 12.1 Å². The van der Waals surface area contributed by atoms with Crippen LogP contribution in [-0.4, -0.2) is 20.3 Å². The Morgan fingerprint density at radius 3 is 2.06 bits per heavy atom. The third-order valence-corrected chi connectivity index (χ3v) is 4.47. The molecule has 0 N–H and O–H groups in total. The van der Waals surface area contributed by atoms with Crippen molar-refractivity contribution in [1.29, 1.82) is 0 Å². The van der Waals surface area contributed by atoms with Crippen molar-refractivity contribution in [2.45, 2.75) is 37.3 Å². The third kappa shape index (κ3) is 4.01. The summed E-state index contributed by atoms with van der Waals surface area (Å²) in [7, 11) is -4.29. The summed E-state index contributed by atoms with van der Waals surface area (Å²) in [6.45, 7) is 3.96. The number of hydrogen-bond acceptors (Lipinski definition) is 2. The number of benzene rings is 1. The van der Waals surface area contributed by atoms with Gasteiger partial charge in [-0.3, -0.25) is 0 Å². The van der Waals surface area contributed by atoms with E-state index >= 15 is 0 Å². The molecule has 6 heteroatoms. The van der Waals surface area contributed by atoms with Crippen LogP contribution in [0.15, 0.2) is 29.2 Å². The van der Waals surface area contributed by atoms with E-state index in [1.54, 1.807) is 12.1 Å². The van der Waals surface area contributed by atoms with Crippen LogP contribution in [0.3, 0.4) is 0 Å². The van der Waals surface area contributed by atoms with Gasteiger partial charge in [0.15, 0.2) is 15.6 Å². The summed E-state index contributed by atoms with van der Waals surface area (Å²) in [5, 5.41) is 0. The van der Waals surface area contributed by atoms with Crippen LogP contribution in [0.4, 0.5) is 13.2 Å². The van der Waals surface area contributed by atoms with Crippen LogP contribution < -0.4 is 0 Å². The Kier molecular flexibility index (Phi) is 4.42. The second-order valence-corrected chi connectivity index (χ2v) is 6.24. The van der Waals surface area contributed by atoms with Crippen LogP contribution in [0.1, 0.15) is 31.7 Å². The lowest BCUT2D eigenvalue weighted by Gasteiger charge is -2.11. The van der Waals surface area contributed by atoms with Crippen molar-refractivity contribution in [2.75, 3.05) is 5.75 Å². The lowest BCUT2D eigenvalue weighted by Crippen LogP contribution is -2.22. The van der Waals surface area contributed by atoms with Gasteiger partial charge in [0.05, 0.1) is 4.90 Å². The van der Waals surface area contributed by atoms with E-state index < -0.39 is 21.8 Å². The van der Waals surface area contributed by atoms with E-state index in [0.717, 1.165) is 12.0 Å². The van der Waals surface area contributed by atoms with Gasteiger partial charge in [-0.2, -0.15) is 13.2 Å². The van der Waals surface area contributed by atoms with Crippen LogP contribution in [-0.2, 0) is 9.84 Å². The molecule has 18 heavy (non-hydrogen) atoms. The Bertz CT molecular complexity index is 489. The van der Waals surface area contributed by atoms with Gasteiger partial charge >= 0.3 is 6.18 Å². The molecule has 1 unspecified atom stereocenters. The topological polar surface area (TPSA) is 34.1 Å². The van der Waals surface area contributed by atoms with Gasteiger partial charge in [0.2, 0.25) is 0 Å². The van der Waals surface area contributed by atoms with Crippen molar-refractivity contribution in [3.63, 3.8) is 0 Å². The van der Waals surface area contributed by atoms with Gasteiger partial charge in [-0.05, 0) is 30.0 Å². The molecule has 0 saturated heterocycles. The van der Waals surface area contributed by atoms with Crippen molar-refractivity contribution in [2.24, 2.45) is 0 Å². The van der Waals surface area contributed by atoms with Crippen LogP contribution in [0, 0.1) is 0 Å². The van der Waals surface area contributed by atoms with Crippen molar-refractivity contribution >= 4 is 9.84 Å². The molecule has 1 aromatic rings. The van der Waals surface area contributed by atoms with E-state index in [4.69, 9.17) is 0 Å². The predicted molar refractivity (Wildman–Crippen MR) is 63.3 cm³/mol. The van der Waals surface area contributed by atoms with Crippen LogP contribution in [0.5, 0.6) is 0 Å². The van der Waals surface area contributed by atoms with E-state index in [1.807, 2.05) is 13.8 Å². The lowest BCUT2D eigenvalue weighted by atomic mass is 9.99. The largest absolute Gasteiger partial charge is 0.403 e. The van der Waals surface area contributed by atoms with E-state index in [9.17, 15) is 21.6 Å². The second kappa shape index (κ2) is 5.30. The van der Waals surface area contributed by atoms with Gasteiger partial charge in [0, 0.05) is 0 Å². The van der Waals surface area contributed by atoms with Crippen molar-refractivity contribution in [3.8, 4) is 0 Å². The van der Waals surface area contributed by atoms with Crippen LogP contribution in [0.2, 0.25) is 0 Å². The summed E-state index contributed by atoms with van der Waals surface area (Å²) >= 11 is 0. The quantitative estimate of drug-likeness (QED) is 0.845. The molecule has 2 nitrogen and oxygen atoms in total. The van der Waals surface area contributed by atoms with Gasteiger partial charge in [-0.25, -0.2) is 8.42 Å². The summed E-state index contributed by atoms with van der Waals surface area (Å²) in [6, 6.07) is 5.61. The van der Waals surface area contributed by atoms with Crippen molar-refractivity contribution in [1.82, 2.24) is 0 Å². The molecule has 0 fully saturated rings. The summed E-state index contributed by atoms with van der Waals surface area (Å²) in [6.07, 6.45) is -3.83. The SMILES string of the molecule is CCC(C)c1ccc(S(=O)(=O)CC(F)(F)F)cc1. The van der Waals surface area contributed by atoms with E-state index in [0.29, 0.717) is 0 Å².